The maximum atomic E-state index is 12.1. The molecule has 0 saturated carbocycles. The Hall–Kier alpha value is -2.69. The quantitative estimate of drug-likeness (QED) is 0.885. The van der Waals surface area contributed by atoms with E-state index >= 15 is 0 Å². The van der Waals surface area contributed by atoms with E-state index < -0.39 is 0 Å². The molecule has 4 rings (SSSR count). The van der Waals surface area contributed by atoms with Crippen LogP contribution in [0, 0.1) is 0 Å². The van der Waals surface area contributed by atoms with Gasteiger partial charge in [0.05, 0.1) is 0 Å². The zero-order valence-corrected chi connectivity index (χ0v) is 16.6. The number of anilines is 1. The van der Waals surface area contributed by atoms with Gasteiger partial charge in [0.1, 0.15) is 0 Å². The van der Waals surface area contributed by atoms with Crippen molar-refractivity contribution < 1.29 is 9.59 Å². The molecule has 1 N–H and O–H groups in total. The van der Waals surface area contributed by atoms with Crippen molar-refractivity contribution in [1.82, 2.24) is 10.3 Å². The third kappa shape index (κ3) is 3.41. The first-order chi connectivity index (χ1) is 13.6. The lowest BCUT2D eigenvalue weighted by molar-refractivity contribution is -0.121. The second kappa shape index (κ2) is 7.74. The van der Waals surface area contributed by atoms with E-state index in [4.69, 9.17) is 0 Å². The Kier molecular flexibility index (Phi) is 5.16. The Labute approximate surface area is 166 Å². The average Bonchev–Trinajstić information content (AvgIpc) is 2.70. The first kappa shape index (κ1) is 18.7. The highest BCUT2D eigenvalue weighted by Crippen LogP contribution is 2.39. The molecule has 1 aliphatic heterocycles. The Morgan fingerprint density at radius 2 is 2.11 bits per heavy atom. The first-order valence-corrected chi connectivity index (χ1v) is 10.2. The van der Waals surface area contributed by atoms with Gasteiger partial charge in [0.15, 0.2) is 0 Å². The summed E-state index contributed by atoms with van der Waals surface area (Å²) in [6, 6.07) is 6.36. The molecule has 0 bridgehead atoms. The lowest BCUT2D eigenvalue weighted by atomic mass is 9.79. The molecule has 146 valence electrons. The normalized spacial score (nSPS) is 18.4. The van der Waals surface area contributed by atoms with Crippen LogP contribution in [0.25, 0.3) is 11.1 Å². The van der Waals surface area contributed by atoms with Crippen molar-refractivity contribution in [3.8, 4) is 11.1 Å². The molecular weight excluding hydrogens is 350 g/mol. The summed E-state index contributed by atoms with van der Waals surface area (Å²) in [7, 11) is 1.85. The van der Waals surface area contributed by atoms with Crippen LogP contribution < -0.4 is 10.2 Å². The number of carbonyl (C=O) groups is 2. The van der Waals surface area contributed by atoms with Crippen LogP contribution in [0.15, 0.2) is 30.6 Å². The van der Waals surface area contributed by atoms with Gasteiger partial charge in [-0.05, 0) is 72.9 Å². The molecule has 1 aromatic carbocycles. The first-order valence-electron chi connectivity index (χ1n) is 10.2. The number of nitrogens with one attached hydrogen (secondary N) is 1. The zero-order valence-electron chi connectivity index (χ0n) is 16.6. The van der Waals surface area contributed by atoms with Crippen molar-refractivity contribution in [3.63, 3.8) is 0 Å². The predicted molar refractivity (Wildman–Crippen MR) is 110 cm³/mol. The number of pyridine rings is 1. The number of hydrogen-bond donors (Lipinski definition) is 1. The fraction of sp³-hybridized carbons (Fsp3) is 0.435. The summed E-state index contributed by atoms with van der Waals surface area (Å²) in [5, 5.41) is 2.92. The molecular formula is C23H27N3O2. The number of aromatic nitrogens is 1. The van der Waals surface area contributed by atoms with E-state index in [0.717, 1.165) is 36.9 Å². The Balaban J connectivity index is 1.69. The molecule has 0 saturated heterocycles. The van der Waals surface area contributed by atoms with Gasteiger partial charge in [0.25, 0.3) is 0 Å². The molecule has 28 heavy (non-hydrogen) atoms. The fourth-order valence-electron chi connectivity index (χ4n) is 4.59. The molecule has 1 aromatic heterocycles. The highest BCUT2D eigenvalue weighted by Gasteiger charge is 2.26. The van der Waals surface area contributed by atoms with Crippen LogP contribution in [0.4, 0.5) is 5.69 Å². The van der Waals surface area contributed by atoms with Crippen molar-refractivity contribution in [2.24, 2.45) is 0 Å². The van der Waals surface area contributed by atoms with Crippen molar-refractivity contribution >= 4 is 17.5 Å². The van der Waals surface area contributed by atoms with Crippen molar-refractivity contribution in [2.75, 3.05) is 18.5 Å². The van der Waals surface area contributed by atoms with E-state index in [1.807, 2.05) is 26.4 Å². The number of aryl methyl sites for hydroxylation is 1. The molecule has 1 unspecified atom stereocenters. The van der Waals surface area contributed by atoms with Crippen LogP contribution in [-0.4, -0.2) is 30.4 Å². The monoisotopic (exact) mass is 377 g/mol. The van der Waals surface area contributed by atoms with Gasteiger partial charge in [-0.2, -0.15) is 0 Å². The van der Waals surface area contributed by atoms with E-state index in [1.54, 1.807) is 4.90 Å². The predicted octanol–water partition coefficient (Wildman–Crippen LogP) is 3.60. The Morgan fingerprint density at radius 1 is 1.25 bits per heavy atom. The fourth-order valence-corrected chi connectivity index (χ4v) is 4.59. The number of rotatable bonds is 4. The number of amides is 2. The SMILES string of the molecule is CCNC(=O)CC1CCCc2c(-c3ccc4c(c3)CCC(=O)N4C)cncc21. The van der Waals surface area contributed by atoms with Gasteiger partial charge < -0.3 is 10.2 Å². The van der Waals surface area contributed by atoms with E-state index in [-0.39, 0.29) is 17.7 Å². The number of fused-ring (bicyclic) bond motifs is 2. The van der Waals surface area contributed by atoms with E-state index in [2.05, 4.69) is 28.5 Å². The summed E-state index contributed by atoms with van der Waals surface area (Å²) in [6.45, 7) is 2.62. The smallest absolute Gasteiger partial charge is 0.227 e. The molecule has 0 spiro atoms. The largest absolute Gasteiger partial charge is 0.356 e. The summed E-state index contributed by atoms with van der Waals surface area (Å²) >= 11 is 0. The van der Waals surface area contributed by atoms with Crippen molar-refractivity contribution in [3.05, 3.63) is 47.3 Å². The van der Waals surface area contributed by atoms with Crippen LogP contribution >= 0.6 is 0 Å². The summed E-state index contributed by atoms with van der Waals surface area (Å²) < 4.78 is 0. The standard InChI is InChI=1S/C23H27N3O2/c1-3-25-22(27)12-15-5-4-6-18-19(15)13-24-14-20(18)16-7-9-21-17(11-16)8-10-23(28)26(21)2/h7,9,11,13-15H,3-6,8,10,12H2,1-2H3,(H,25,27). The van der Waals surface area contributed by atoms with Crippen LogP contribution in [0.2, 0.25) is 0 Å². The highest BCUT2D eigenvalue weighted by molar-refractivity contribution is 5.96. The molecule has 1 aliphatic carbocycles. The van der Waals surface area contributed by atoms with Gasteiger partial charge >= 0.3 is 0 Å². The lowest BCUT2D eigenvalue weighted by Crippen LogP contribution is -2.31. The van der Waals surface area contributed by atoms with Gasteiger partial charge in [-0.15, -0.1) is 0 Å². The second-order valence-corrected chi connectivity index (χ2v) is 7.80. The van der Waals surface area contributed by atoms with Crippen molar-refractivity contribution in [2.45, 2.75) is 51.4 Å². The van der Waals surface area contributed by atoms with E-state index in [0.29, 0.717) is 19.4 Å². The van der Waals surface area contributed by atoms with Gasteiger partial charge in [-0.1, -0.05) is 6.07 Å². The van der Waals surface area contributed by atoms with Crippen molar-refractivity contribution in [1.29, 1.82) is 0 Å². The molecule has 0 fully saturated rings. The van der Waals surface area contributed by atoms with Gasteiger partial charge in [-0.25, -0.2) is 0 Å². The average molecular weight is 377 g/mol. The van der Waals surface area contributed by atoms with Crippen LogP contribution in [0.1, 0.15) is 55.2 Å². The zero-order chi connectivity index (χ0) is 19.7. The molecule has 2 aliphatic rings. The van der Waals surface area contributed by atoms with Gasteiger partial charge in [0.2, 0.25) is 11.8 Å². The highest BCUT2D eigenvalue weighted by atomic mass is 16.2. The molecule has 2 heterocycles. The number of hydrogen-bond acceptors (Lipinski definition) is 3. The third-order valence-corrected chi connectivity index (χ3v) is 6.05. The van der Waals surface area contributed by atoms with Crippen LogP contribution in [0.5, 0.6) is 0 Å². The Bertz CT molecular complexity index is 922. The summed E-state index contributed by atoms with van der Waals surface area (Å²) in [5.41, 5.74) is 7.10. The molecule has 1 atom stereocenters. The third-order valence-electron chi connectivity index (χ3n) is 6.05. The van der Waals surface area contributed by atoms with E-state index in [9.17, 15) is 9.59 Å². The molecule has 5 heteroatoms. The maximum absolute atomic E-state index is 12.1. The minimum atomic E-state index is 0.118. The topological polar surface area (TPSA) is 62.3 Å². The molecule has 5 nitrogen and oxygen atoms in total. The minimum absolute atomic E-state index is 0.118. The molecule has 2 aromatic rings. The lowest BCUT2D eigenvalue weighted by Gasteiger charge is -2.28. The number of nitrogens with zero attached hydrogens (tertiary/aromatic N) is 2. The number of carbonyl (C=O) groups excluding carboxylic acids is 2. The van der Waals surface area contributed by atoms with Gasteiger partial charge in [0, 0.05) is 50.1 Å². The molecule has 2 amide bonds. The van der Waals surface area contributed by atoms with Crippen LogP contribution in [0.3, 0.4) is 0 Å². The van der Waals surface area contributed by atoms with Crippen LogP contribution in [-0.2, 0) is 22.4 Å². The Morgan fingerprint density at radius 3 is 2.93 bits per heavy atom. The summed E-state index contributed by atoms with van der Waals surface area (Å²) in [4.78, 5) is 30.4. The minimum Gasteiger partial charge on any atom is -0.356 e. The molecule has 0 radical (unpaired) electrons. The van der Waals surface area contributed by atoms with Gasteiger partial charge in [-0.3, -0.25) is 14.6 Å². The van der Waals surface area contributed by atoms with E-state index in [1.165, 1.54) is 22.3 Å². The summed E-state index contributed by atoms with van der Waals surface area (Å²) in [6.07, 6.45) is 8.93. The number of benzene rings is 1. The summed E-state index contributed by atoms with van der Waals surface area (Å²) in [5.74, 6) is 0.531. The maximum Gasteiger partial charge on any atom is 0.227 e. The second-order valence-electron chi connectivity index (χ2n) is 7.80.